The highest BCUT2D eigenvalue weighted by Gasteiger charge is 2.20. The number of aromatic nitrogens is 2. The average molecular weight is 325 g/mol. The van der Waals surface area contributed by atoms with Crippen LogP contribution in [0.2, 0.25) is 0 Å². The van der Waals surface area contributed by atoms with E-state index in [2.05, 4.69) is 10.3 Å². The molecule has 0 aliphatic rings. The quantitative estimate of drug-likeness (QED) is 0.760. The van der Waals surface area contributed by atoms with Gasteiger partial charge in [-0.2, -0.15) is 4.39 Å². The molecule has 0 saturated heterocycles. The normalized spacial score (nSPS) is 12.0. The lowest BCUT2D eigenvalue weighted by Crippen LogP contribution is -2.41. The van der Waals surface area contributed by atoms with Crippen LogP contribution >= 0.6 is 0 Å². The lowest BCUT2D eigenvalue weighted by atomic mass is 10.1. The molecular weight excluding hydrogens is 312 g/mol. The van der Waals surface area contributed by atoms with Crippen LogP contribution in [0.25, 0.3) is 5.69 Å². The molecule has 0 saturated carbocycles. The van der Waals surface area contributed by atoms with Gasteiger partial charge in [0.05, 0.1) is 17.7 Å². The van der Waals surface area contributed by atoms with E-state index < -0.39 is 35.3 Å². The Morgan fingerprint density at radius 2 is 2.09 bits per heavy atom. The van der Waals surface area contributed by atoms with E-state index in [0.29, 0.717) is 5.69 Å². The molecule has 0 aliphatic carbocycles. The molecule has 23 heavy (non-hydrogen) atoms. The minimum Gasteiger partial charge on any atom is -0.505 e. The van der Waals surface area contributed by atoms with Crippen LogP contribution in [0.15, 0.2) is 24.7 Å². The summed E-state index contributed by atoms with van der Waals surface area (Å²) in [5.74, 6) is -5.15. The zero-order chi connectivity index (χ0) is 17.1. The van der Waals surface area contributed by atoms with E-state index in [0.717, 1.165) is 12.1 Å². The Hall–Kier alpha value is -2.97. The van der Waals surface area contributed by atoms with Crippen LogP contribution in [0, 0.1) is 11.6 Å². The van der Waals surface area contributed by atoms with Gasteiger partial charge < -0.3 is 20.1 Å². The fourth-order valence-corrected chi connectivity index (χ4v) is 1.97. The van der Waals surface area contributed by atoms with Crippen LogP contribution in [-0.4, -0.2) is 37.7 Å². The highest BCUT2D eigenvalue weighted by molar-refractivity contribution is 5.82. The van der Waals surface area contributed by atoms with Gasteiger partial charge in [-0.1, -0.05) is 0 Å². The Bertz CT molecular complexity index is 737. The Morgan fingerprint density at radius 3 is 2.65 bits per heavy atom. The average Bonchev–Trinajstić information content (AvgIpc) is 2.91. The van der Waals surface area contributed by atoms with Gasteiger partial charge in [-0.05, 0) is 0 Å². The first-order valence-corrected chi connectivity index (χ1v) is 6.49. The van der Waals surface area contributed by atoms with Crippen molar-refractivity contribution in [3.63, 3.8) is 0 Å². The molecule has 0 fully saturated rings. The molecule has 9 heteroatoms. The van der Waals surface area contributed by atoms with Crippen LogP contribution in [0.4, 0.5) is 8.78 Å². The maximum atomic E-state index is 13.3. The van der Waals surface area contributed by atoms with Crippen molar-refractivity contribution in [2.45, 2.75) is 19.4 Å². The monoisotopic (exact) mass is 325 g/mol. The molecule has 122 valence electrons. The van der Waals surface area contributed by atoms with Crippen LogP contribution in [0.3, 0.4) is 0 Å². The summed E-state index contributed by atoms with van der Waals surface area (Å²) < 4.78 is 27.7. The Kier molecular flexibility index (Phi) is 4.58. The summed E-state index contributed by atoms with van der Waals surface area (Å²) >= 11 is 0. The van der Waals surface area contributed by atoms with Gasteiger partial charge in [-0.15, -0.1) is 0 Å². The van der Waals surface area contributed by atoms with Gasteiger partial charge in [-0.3, -0.25) is 4.79 Å². The maximum Gasteiger partial charge on any atom is 0.326 e. The molecule has 0 unspecified atom stereocenters. The van der Waals surface area contributed by atoms with Gasteiger partial charge in [-0.25, -0.2) is 14.2 Å². The van der Waals surface area contributed by atoms with Gasteiger partial charge in [0.2, 0.25) is 5.91 Å². The van der Waals surface area contributed by atoms with Crippen molar-refractivity contribution in [3.05, 3.63) is 42.0 Å². The fraction of sp³-hybridized carbons (Fsp3) is 0.214. The number of halogens is 2. The Balaban J connectivity index is 2.23. The number of phenolic OH excluding ortho intramolecular Hbond substituents is 1. The standard InChI is InChI=1S/C14H13F2N3O4/c1-7(20)18-11(14(22)23)2-8-5-19(6-17-8)9-3-10(15)13(16)12(21)4-9/h3-6,11,21H,2H2,1H3,(H,18,20)(H,22,23)/t11-/m0/s1. The molecular formula is C14H13F2N3O4. The van der Waals surface area contributed by atoms with E-state index in [9.17, 15) is 23.5 Å². The van der Waals surface area contributed by atoms with Crippen LogP contribution in [0.5, 0.6) is 5.75 Å². The van der Waals surface area contributed by atoms with Gasteiger partial charge in [0.15, 0.2) is 17.4 Å². The molecule has 7 nitrogen and oxygen atoms in total. The number of aromatic hydroxyl groups is 1. The molecule has 1 heterocycles. The van der Waals surface area contributed by atoms with Gasteiger partial charge in [0.25, 0.3) is 0 Å². The second-order valence-electron chi connectivity index (χ2n) is 4.83. The number of benzene rings is 1. The summed E-state index contributed by atoms with van der Waals surface area (Å²) in [4.78, 5) is 26.0. The second-order valence-corrected chi connectivity index (χ2v) is 4.83. The van der Waals surface area contributed by atoms with Crippen molar-refractivity contribution in [3.8, 4) is 11.4 Å². The number of nitrogens with one attached hydrogen (secondary N) is 1. The van der Waals surface area contributed by atoms with Gasteiger partial charge in [0.1, 0.15) is 6.04 Å². The zero-order valence-electron chi connectivity index (χ0n) is 12.0. The van der Waals surface area contributed by atoms with Crippen molar-refractivity contribution in [1.29, 1.82) is 0 Å². The van der Waals surface area contributed by atoms with Gasteiger partial charge >= 0.3 is 5.97 Å². The maximum absolute atomic E-state index is 13.3. The third-order valence-corrected chi connectivity index (χ3v) is 3.02. The first-order chi connectivity index (χ1) is 10.8. The van der Waals surface area contributed by atoms with Crippen molar-refractivity contribution < 1.29 is 28.6 Å². The van der Waals surface area contributed by atoms with E-state index in [1.165, 1.54) is 24.0 Å². The number of hydrogen-bond donors (Lipinski definition) is 3. The number of imidazole rings is 1. The van der Waals surface area contributed by atoms with E-state index >= 15 is 0 Å². The van der Waals surface area contributed by atoms with E-state index in [-0.39, 0.29) is 12.1 Å². The van der Waals surface area contributed by atoms with E-state index in [1.807, 2.05) is 0 Å². The number of aliphatic carboxylic acids is 1. The minimum atomic E-state index is -1.36. The Labute approximate surface area is 129 Å². The molecule has 0 bridgehead atoms. The number of carboxylic acid groups (broad SMARTS) is 1. The molecule has 2 rings (SSSR count). The lowest BCUT2D eigenvalue weighted by Gasteiger charge is -2.11. The summed E-state index contributed by atoms with van der Waals surface area (Å²) in [6.07, 6.45) is 2.57. The SMILES string of the molecule is CC(=O)N[C@@H](Cc1cn(-c2cc(O)c(F)c(F)c2)cn1)C(=O)O. The number of amides is 1. The van der Waals surface area contributed by atoms with Crippen LogP contribution in [0.1, 0.15) is 12.6 Å². The highest BCUT2D eigenvalue weighted by atomic mass is 19.2. The molecule has 1 aromatic heterocycles. The third-order valence-electron chi connectivity index (χ3n) is 3.02. The first-order valence-electron chi connectivity index (χ1n) is 6.49. The molecule has 1 aromatic carbocycles. The second kappa shape index (κ2) is 6.42. The predicted molar refractivity (Wildman–Crippen MR) is 74.1 cm³/mol. The third kappa shape index (κ3) is 3.82. The minimum absolute atomic E-state index is 0.0857. The summed E-state index contributed by atoms with van der Waals surface area (Å²) in [5, 5.41) is 20.6. The smallest absolute Gasteiger partial charge is 0.326 e. The Morgan fingerprint density at radius 1 is 1.39 bits per heavy atom. The number of hydrogen-bond acceptors (Lipinski definition) is 4. The number of carbonyl (C=O) groups excluding carboxylic acids is 1. The van der Waals surface area contributed by atoms with Crippen LogP contribution < -0.4 is 5.32 Å². The molecule has 1 atom stereocenters. The number of carboxylic acids is 1. The topological polar surface area (TPSA) is 104 Å². The number of rotatable bonds is 5. The number of carbonyl (C=O) groups is 2. The molecule has 3 N–H and O–H groups in total. The lowest BCUT2D eigenvalue weighted by molar-refractivity contribution is -0.141. The summed E-state index contributed by atoms with van der Waals surface area (Å²) in [6, 6.07) is 0.712. The number of phenols is 1. The molecule has 0 spiro atoms. The van der Waals surface area contributed by atoms with E-state index in [1.54, 1.807) is 0 Å². The van der Waals surface area contributed by atoms with Crippen molar-refractivity contribution in [2.24, 2.45) is 0 Å². The molecule has 0 aliphatic heterocycles. The van der Waals surface area contributed by atoms with Crippen molar-refractivity contribution in [2.75, 3.05) is 0 Å². The summed E-state index contributed by atoms with van der Waals surface area (Å²) in [7, 11) is 0. The van der Waals surface area contributed by atoms with Gasteiger partial charge in [0, 0.05) is 31.7 Å². The number of nitrogens with zero attached hydrogens (tertiary/aromatic N) is 2. The largest absolute Gasteiger partial charge is 0.505 e. The molecule has 1 amide bonds. The molecule has 2 aromatic rings. The summed E-state index contributed by atoms with van der Waals surface area (Å²) in [6.45, 7) is 1.19. The first kappa shape index (κ1) is 16.4. The van der Waals surface area contributed by atoms with Crippen molar-refractivity contribution in [1.82, 2.24) is 14.9 Å². The molecule has 0 radical (unpaired) electrons. The fourth-order valence-electron chi connectivity index (χ4n) is 1.97. The highest BCUT2D eigenvalue weighted by Crippen LogP contribution is 2.23. The summed E-state index contributed by atoms with van der Waals surface area (Å²) in [5.41, 5.74) is 0.432. The predicted octanol–water partition coefficient (Wildman–Crippen LogP) is 0.988. The van der Waals surface area contributed by atoms with Crippen molar-refractivity contribution >= 4 is 11.9 Å². The van der Waals surface area contributed by atoms with Crippen LogP contribution in [-0.2, 0) is 16.0 Å². The zero-order valence-corrected chi connectivity index (χ0v) is 12.0. The van der Waals surface area contributed by atoms with E-state index in [4.69, 9.17) is 5.11 Å².